The maximum absolute atomic E-state index is 13.0. The Morgan fingerprint density at radius 3 is 2.30 bits per heavy atom. The van der Waals surface area contributed by atoms with E-state index in [1.54, 1.807) is 18.9 Å². The van der Waals surface area contributed by atoms with Crippen molar-refractivity contribution in [2.24, 2.45) is 0 Å². The van der Waals surface area contributed by atoms with Gasteiger partial charge in [-0.25, -0.2) is 0 Å². The van der Waals surface area contributed by atoms with Gasteiger partial charge in [-0.3, -0.25) is 9.59 Å². The topological polar surface area (TPSA) is 58.6 Å². The van der Waals surface area contributed by atoms with Crippen LogP contribution in [0.2, 0.25) is 0 Å². The molecule has 2 aromatic rings. The van der Waals surface area contributed by atoms with Crippen molar-refractivity contribution >= 4 is 11.8 Å². The quantitative estimate of drug-likeness (QED) is 0.740. The summed E-state index contributed by atoms with van der Waals surface area (Å²) >= 11 is 0. The predicted octanol–water partition coefficient (Wildman–Crippen LogP) is 3.18. The molecule has 2 amide bonds. The van der Waals surface area contributed by atoms with Gasteiger partial charge in [0.05, 0.1) is 13.5 Å². The number of ether oxygens (including phenoxy) is 1. The molecule has 5 nitrogen and oxygen atoms in total. The zero-order valence-electron chi connectivity index (χ0n) is 16.3. The summed E-state index contributed by atoms with van der Waals surface area (Å²) < 4.78 is 5.16. The molecule has 0 aliphatic heterocycles. The maximum atomic E-state index is 13.0. The van der Waals surface area contributed by atoms with Crippen molar-refractivity contribution in [1.29, 1.82) is 0 Å². The standard InChI is InChI=1S/C22H28N2O3/c1-4-14-23-22(26)17(2)24(16-19-8-6-5-7-9-19)21(25)15-18-10-12-20(27-3)13-11-18/h5-13,17H,4,14-16H2,1-3H3,(H,23,26)/t17-/m1/s1. The number of nitrogens with one attached hydrogen (secondary N) is 1. The van der Waals surface area contributed by atoms with E-state index in [-0.39, 0.29) is 18.2 Å². The Hall–Kier alpha value is -2.82. The summed E-state index contributed by atoms with van der Waals surface area (Å²) in [6, 6.07) is 16.6. The number of carbonyl (C=O) groups is 2. The molecule has 0 saturated carbocycles. The highest BCUT2D eigenvalue weighted by atomic mass is 16.5. The van der Waals surface area contributed by atoms with Crippen LogP contribution in [0.4, 0.5) is 0 Å². The van der Waals surface area contributed by atoms with Crippen molar-refractivity contribution in [3.05, 3.63) is 65.7 Å². The van der Waals surface area contributed by atoms with Crippen molar-refractivity contribution in [3.8, 4) is 5.75 Å². The van der Waals surface area contributed by atoms with Crippen LogP contribution < -0.4 is 10.1 Å². The molecule has 0 fully saturated rings. The van der Waals surface area contributed by atoms with Crippen LogP contribution in [0.3, 0.4) is 0 Å². The first-order valence-electron chi connectivity index (χ1n) is 9.29. The van der Waals surface area contributed by atoms with Crippen LogP contribution in [0.1, 0.15) is 31.4 Å². The third-order valence-corrected chi connectivity index (χ3v) is 4.43. The van der Waals surface area contributed by atoms with Gasteiger partial charge in [0.25, 0.3) is 0 Å². The van der Waals surface area contributed by atoms with E-state index in [2.05, 4.69) is 5.32 Å². The highest BCUT2D eigenvalue weighted by Gasteiger charge is 2.25. The second kappa shape index (κ2) is 10.4. The lowest BCUT2D eigenvalue weighted by atomic mass is 10.1. The Kier molecular flexibility index (Phi) is 7.86. The summed E-state index contributed by atoms with van der Waals surface area (Å²) in [4.78, 5) is 27.1. The van der Waals surface area contributed by atoms with Gasteiger partial charge in [0.1, 0.15) is 11.8 Å². The molecule has 0 heterocycles. The first-order valence-corrected chi connectivity index (χ1v) is 9.29. The first-order chi connectivity index (χ1) is 13.0. The van der Waals surface area contributed by atoms with E-state index in [0.29, 0.717) is 13.1 Å². The van der Waals surface area contributed by atoms with Crippen molar-refractivity contribution < 1.29 is 14.3 Å². The molecule has 144 valence electrons. The molecular weight excluding hydrogens is 340 g/mol. The average Bonchev–Trinajstić information content (AvgIpc) is 2.71. The van der Waals surface area contributed by atoms with Crippen molar-refractivity contribution in [3.63, 3.8) is 0 Å². The molecule has 0 spiro atoms. The minimum atomic E-state index is -0.539. The molecule has 0 aromatic heterocycles. The zero-order valence-corrected chi connectivity index (χ0v) is 16.3. The summed E-state index contributed by atoms with van der Waals surface area (Å²) in [6.45, 7) is 4.78. The molecule has 0 bridgehead atoms. The number of amides is 2. The van der Waals surface area contributed by atoms with Crippen LogP contribution >= 0.6 is 0 Å². The summed E-state index contributed by atoms with van der Waals surface area (Å²) in [6.07, 6.45) is 1.10. The minimum absolute atomic E-state index is 0.0804. The van der Waals surface area contributed by atoms with E-state index in [0.717, 1.165) is 23.3 Å². The highest BCUT2D eigenvalue weighted by molar-refractivity contribution is 5.88. The number of benzene rings is 2. The van der Waals surface area contributed by atoms with Crippen molar-refractivity contribution in [2.75, 3.05) is 13.7 Å². The Morgan fingerprint density at radius 2 is 1.70 bits per heavy atom. The van der Waals surface area contributed by atoms with Gasteiger partial charge in [-0.05, 0) is 36.6 Å². The molecule has 0 unspecified atom stereocenters. The van der Waals surface area contributed by atoms with Gasteiger partial charge in [-0.15, -0.1) is 0 Å². The van der Waals surface area contributed by atoms with Crippen LogP contribution in [0, 0.1) is 0 Å². The highest BCUT2D eigenvalue weighted by Crippen LogP contribution is 2.15. The zero-order chi connectivity index (χ0) is 19.6. The van der Waals surface area contributed by atoms with Gasteiger partial charge in [0.15, 0.2) is 0 Å². The molecule has 1 atom stereocenters. The van der Waals surface area contributed by atoms with Gasteiger partial charge >= 0.3 is 0 Å². The van der Waals surface area contributed by atoms with E-state index in [1.165, 1.54) is 0 Å². The van der Waals surface area contributed by atoms with Gasteiger partial charge in [-0.2, -0.15) is 0 Å². The molecule has 0 radical (unpaired) electrons. The van der Waals surface area contributed by atoms with E-state index in [9.17, 15) is 9.59 Å². The fourth-order valence-corrected chi connectivity index (χ4v) is 2.78. The fraction of sp³-hybridized carbons (Fsp3) is 0.364. The number of carbonyl (C=O) groups excluding carboxylic acids is 2. The second-order valence-electron chi connectivity index (χ2n) is 6.50. The van der Waals surface area contributed by atoms with Crippen LogP contribution in [-0.4, -0.2) is 36.4 Å². The lowest BCUT2D eigenvalue weighted by molar-refractivity contribution is -0.140. The lowest BCUT2D eigenvalue weighted by Gasteiger charge is -2.29. The third-order valence-electron chi connectivity index (χ3n) is 4.43. The molecular formula is C22H28N2O3. The lowest BCUT2D eigenvalue weighted by Crippen LogP contribution is -2.48. The van der Waals surface area contributed by atoms with Crippen LogP contribution in [0.25, 0.3) is 0 Å². The van der Waals surface area contributed by atoms with Crippen molar-refractivity contribution in [1.82, 2.24) is 10.2 Å². The molecule has 0 saturated heterocycles. The molecule has 27 heavy (non-hydrogen) atoms. The normalized spacial score (nSPS) is 11.5. The molecule has 0 aliphatic carbocycles. The Labute approximate surface area is 161 Å². The molecule has 1 N–H and O–H groups in total. The predicted molar refractivity (Wildman–Crippen MR) is 106 cm³/mol. The molecule has 0 aliphatic rings. The average molecular weight is 368 g/mol. The van der Waals surface area contributed by atoms with Gasteiger partial charge in [0.2, 0.25) is 11.8 Å². The third kappa shape index (κ3) is 6.13. The van der Waals surface area contributed by atoms with E-state index < -0.39 is 6.04 Å². The SMILES string of the molecule is CCCNC(=O)[C@@H](C)N(Cc1ccccc1)C(=O)Cc1ccc(OC)cc1. The summed E-state index contributed by atoms with van der Waals surface area (Å²) in [5, 5.41) is 2.88. The number of hydrogen-bond donors (Lipinski definition) is 1. The molecule has 2 aromatic carbocycles. The maximum Gasteiger partial charge on any atom is 0.242 e. The summed E-state index contributed by atoms with van der Waals surface area (Å²) in [7, 11) is 1.61. The van der Waals surface area contributed by atoms with Crippen LogP contribution in [-0.2, 0) is 22.6 Å². The van der Waals surface area contributed by atoms with E-state index >= 15 is 0 Å². The Morgan fingerprint density at radius 1 is 1.04 bits per heavy atom. The minimum Gasteiger partial charge on any atom is -0.497 e. The molecule has 2 rings (SSSR count). The van der Waals surface area contributed by atoms with Crippen LogP contribution in [0.15, 0.2) is 54.6 Å². The largest absolute Gasteiger partial charge is 0.497 e. The fourth-order valence-electron chi connectivity index (χ4n) is 2.78. The number of hydrogen-bond acceptors (Lipinski definition) is 3. The number of nitrogens with zero attached hydrogens (tertiary/aromatic N) is 1. The van der Waals surface area contributed by atoms with Gasteiger partial charge in [0, 0.05) is 13.1 Å². The smallest absolute Gasteiger partial charge is 0.242 e. The van der Waals surface area contributed by atoms with Gasteiger partial charge in [-0.1, -0.05) is 49.4 Å². The number of rotatable bonds is 9. The van der Waals surface area contributed by atoms with Crippen molar-refractivity contribution in [2.45, 2.75) is 39.3 Å². The second-order valence-corrected chi connectivity index (χ2v) is 6.50. The van der Waals surface area contributed by atoms with E-state index in [1.807, 2.05) is 61.5 Å². The summed E-state index contributed by atoms with van der Waals surface area (Å²) in [5.41, 5.74) is 1.88. The van der Waals surface area contributed by atoms with E-state index in [4.69, 9.17) is 4.74 Å². The van der Waals surface area contributed by atoms with Gasteiger partial charge < -0.3 is 15.0 Å². The molecule has 5 heteroatoms. The first kappa shape index (κ1) is 20.5. The Balaban J connectivity index is 2.15. The monoisotopic (exact) mass is 368 g/mol. The Bertz CT molecular complexity index is 729. The van der Waals surface area contributed by atoms with Crippen LogP contribution in [0.5, 0.6) is 5.75 Å². The number of methoxy groups -OCH3 is 1. The summed E-state index contributed by atoms with van der Waals surface area (Å²) in [5.74, 6) is 0.540.